The van der Waals surface area contributed by atoms with Crippen LogP contribution in [0.1, 0.15) is 0 Å². The van der Waals surface area contributed by atoms with Crippen molar-refractivity contribution in [3.05, 3.63) is 39.2 Å². The zero-order valence-corrected chi connectivity index (χ0v) is 11.1. The number of hydrogen-bond acceptors (Lipinski definition) is 3. The van der Waals surface area contributed by atoms with E-state index >= 15 is 0 Å². The summed E-state index contributed by atoms with van der Waals surface area (Å²) in [7, 11) is 0. The number of carbonyl (C=O) groups is 1. The highest BCUT2D eigenvalue weighted by Crippen LogP contribution is 2.25. The lowest BCUT2D eigenvalue weighted by molar-refractivity contribution is -0.137. The predicted octanol–water partition coefficient (Wildman–Crippen LogP) is 1.72. The molecule has 6 nitrogen and oxygen atoms in total. The molecule has 2 aromatic heterocycles. The van der Waals surface area contributed by atoms with Gasteiger partial charge in [0.15, 0.2) is 0 Å². The zero-order chi connectivity index (χ0) is 13.6. The quantitative estimate of drug-likeness (QED) is 0.752. The molecule has 96 valence electrons. The van der Waals surface area contributed by atoms with Gasteiger partial charge in [-0.2, -0.15) is 5.10 Å². The normalized spacial score (nSPS) is 11.2. The number of aliphatic carboxylic acids is 1. The van der Waals surface area contributed by atoms with Crippen molar-refractivity contribution in [2.24, 2.45) is 0 Å². The number of H-pyrrole nitrogens is 1. The highest BCUT2D eigenvalue weighted by atomic mass is 79.9. The third kappa shape index (κ3) is 1.91. The second-order valence-electron chi connectivity index (χ2n) is 4.10. The van der Waals surface area contributed by atoms with Gasteiger partial charge in [-0.05, 0) is 12.1 Å². The summed E-state index contributed by atoms with van der Waals surface area (Å²) in [6, 6.07) is 5.61. The van der Waals surface area contributed by atoms with E-state index in [0.717, 1.165) is 20.1 Å². The molecule has 0 spiro atoms. The minimum Gasteiger partial charge on any atom is -0.480 e. The summed E-state index contributed by atoms with van der Waals surface area (Å²) in [6.45, 7) is -0.451. The highest BCUT2D eigenvalue weighted by molar-refractivity contribution is 9.10. The number of benzene rings is 1. The van der Waals surface area contributed by atoms with Gasteiger partial charge in [-0.1, -0.05) is 22.0 Å². The number of nitrogens with zero attached hydrogens (tertiary/aromatic N) is 2. The fraction of sp³-hybridized carbons (Fsp3) is 0.0833. The lowest BCUT2D eigenvalue weighted by atomic mass is 10.2. The Hall–Kier alpha value is -2.15. The molecule has 0 atom stereocenters. The van der Waals surface area contributed by atoms with Gasteiger partial charge in [-0.25, -0.2) is 4.68 Å². The second kappa shape index (κ2) is 4.20. The smallest absolute Gasteiger partial charge is 0.325 e. The van der Waals surface area contributed by atoms with Crippen LogP contribution in [-0.4, -0.2) is 25.8 Å². The van der Waals surface area contributed by atoms with Crippen molar-refractivity contribution >= 4 is 43.7 Å². The highest BCUT2D eigenvalue weighted by Gasteiger charge is 2.12. The van der Waals surface area contributed by atoms with Crippen LogP contribution in [0, 0.1) is 0 Å². The molecule has 0 aliphatic heterocycles. The Morgan fingerprint density at radius 1 is 1.42 bits per heavy atom. The lowest BCUT2D eigenvalue weighted by Gasteiger charge is -1.99. The van der Waals surface area contributed by atoms with E-state index in [0.29, 0.717) is 10.9 Å². The van der Waals surface area contributed by atoms with Crippen molar-refractivity contribution in [1.82, 2.24) is 14.8 Å². The van der Waals surface area contributed by atoms with Crippen LogP contribution in [0.5, 0.6) is 0 Å². The summed E-state index contributed by atoms with van der Waals surface area (Å²) in [5, 5.41) is 14.2. The number of carboxylic acid groups (broad SMARTS) is 1. The van der Waals surface area contributed by atoms with Crippen molar-refractivity contribution in [2.75, 3.05) is 0 Å². The number of nitrogens with one attached hydrogen (secondary N) is 1. The molecule has 0 fully saturated rings. The van der Waals surface area contributed by atoms with Crippen LogP contribution in [0.4, 0.5) is 0 Å². The summed E-state index contributed by atoms with van der Waals surface area (Å²) in [4.78, 5) is 25.8. The molecule has 0 radical (unpaired) electrons. The topological polar surface area (TPSA) is 88.0 Å². The van der Waals surface area contributed by atoms with Crippen LogP contribution in [0.3, 0.4) is 0 Å². The summed E-state index contributed by atoms with van der Waals surface area (Å²) < 4.78 is 1.82. The van der Waals surface area contributed by atoms with E-state index < -0.39 is 18.1 Å². The maximum Gasteiger partial charge on any atom is 0.325 e. The fourth-order valence-corrected chi connectivity index (χ4v) is 2.40. The van der Waals surface area contributed by atoms with Crippen LogP contribution in [0.15, 0.2) is 33.7 Å². The average Bonchev–Trinajstić information content (AvgIpc) is 2.70. The summed E-state index contributed by atoms with van der Waals surface area (Å²) in [5.41, 5.74) is 0.730. The van der Waals surface area contributed by atoms with E-state index in [1.54, 1.807) is 0 Å². The maximum absolute atomic E-state index is 12.1. The van der Waals surface area contributed by atoms with Crippen molar-refractivity contribution < 1.29 is 9.90 Å². The summed E-state index contributed by atoms with van der Waals surface area (Å²) in [6.07, 6.45) is 1.51. The van der Waals surface area contributed by atoms with E-state index in [9.17, 15) is 9.59 Å². The Balaban J connectivity index is 2.34. The van der Waals surface area contributed by atoms with Gasteiger partial charge in [0.2, 0.25) is 0 Å². The van der Waals surface area contributed by atoms with E-state index in [1.807, 2.05) is 18.2 Å². The van der Waals surface area contributed by atoms with Crippen LogP contribution < -0.4 is 5.56 Å². The molecule has 0 aliphatic rings. The Kier molecular flexibility index (Phi) is 2.63. The van der Waals surface area contributed by atoms with Gasteiger partial charge >= 0.3 is 5.97 Å². The maximum atomic E-state index is 12.1. The van der Waals surface area contributed by atoms with Gasteiger partial charge in [-0.15, -0.1) is 0 Å². The molecular formula is C12H8BrN3O3. The number of aromatic amines is 1. The molecular weight excluding hydrogens is 314 g/mol. The second-order valence-corrected chi connectivity index (χ2v) is 5.02. The van der Waals surface area contributed by atoms with Gasteiger partial charge in [0.1, 0.15) is 12.1 Å². The SMILES string of the molecule is O=C(O)Cn1ncc2c([nH]c3cc(Br)ccc32)c1=O. The molecule has 2 heterocycles. The molecule has 0 unspecified atom stereocenters. The van der Waals surface area contributed by atoms with Gasteiger partial charge in [0.25, 0.3) is 5.56 Å². The summed E-state index contributed by atoms with van der Waals surface area (Å²) >= 11 is 3.36. The van der Waals surface area contributed by atoms with E-state index in [1.165, 1.54) is 6.20 Å². The molecule has 0 saturated carbocycles. The molecule has 1 aromatic carbocycles. The van der Waals surface area contributed by atoms with Gasteiger partial charge in [0, 0.05) is 20.8 Å². The molecule has 0 aliphatic carbocycles. The third-order valence-electron chi connectivity index (χ3n) is 2.86. The van der Waals surface area contributed by atoms with Gasteiger partial charge in [-0.3, -0.25) is 9.59 Å². The summed E-state index contributed by atoms with van der Waals surface area (Å²) in [5.74, 6) is -1.10. The largest absolute Gasteiger partial charge is 0.480 e. The molecule has 3 aromatic rings. The third-order valence-corrected chi connectivity index (χ3v) is 3.35. The number of hydrogen-bond donors (Lipinski definition) is 2. The minimum atomic E-state index is -1.10. The molecule has 0 amide bonds. The van der Waals surface area contributed by atoms with Crippen LogP contribution in [0.25, 0.3) is 21.8 Å². The van der Waals surface area contributed by atoms with Crippen LogP contribution in [0.2, 0.25) is 0 Å². The Morgan fingerprint density at radius 2 is 2.21 bits per heavy atom. The lowest BCUT2D eigenvalue weighted by Crippen LogP contribution is -2.26. The molecule has 19 heavy (non-hydrogen) atoms. The molecule has 7 heteroatoms. The first-order valence-corrected chi connectivity index (χ1v) is 6.24. The van der Waals surface area contributed by atoms with Crippen molar-refractivity contribution in [2.45, 2.75) is 6.54 Å². The Morgan fingerprint density at radius 3 is 2.95 bits per heavy atom. The van der Waals surface area contributed by atoms with Crippen molar-refractivity contribution in [3.63, 3.8) is 0 Å². The molecule has 0 saturated heterocycles. The number of carboxylic acids is 1. The van der Waals surface area contributed by atoms with E-state index in [2.05, 4.69) is 26.0 Å². The number of rotatable bonds is 2. The molecule has 3 rings (SSSR count). The predicted molar refractivity (Wildman–Crippen MR) is 73.2 cm³/mol. The van der Waals surface area contributed by atoms with E-state index in [4.69, 9.17) is 5.11 Å². The van der Waals surface area contributed by atoms with Gasteiger partial charge < -0.3 is 10.1 Å². The van der Waals surface area contributed by atoms with E-state index in [-0.39, 0.29) is 0 Å². The fourth-order valence-electron chi connectivity index (χ4n) is 2.04. The van der Waals surface area contributed by atoms with Crippen molar-refractivity contribution in [3.8, 4) is 0 Å². The standard InChI is InChI=1S/C12H8BrN3O3/c13-6-1-2-7-8-4-14-16(5-10(17)18)12(19)11(8)15-9(7)3-6/h1-4,15H,5H2,(H,17,18). The Labute approximate surface area is 114 Å². The number of aromatic nitrogens is 3. The van der Waals surface area contributed by atoms with Gasteiger partial charge in [0.05, 0.1) is 6.20 Å². The molecule has 0 bridgehead atoms. The Bertz CT molecular complexity index is 866. The van der Waals surface area contributed by atoms with Crippen LogP contribution >= 0.6 is 15.9 Å². The first kappa shape index (κ1) is 11.9. The number of halogens is 1. The average molecular weight is 322 g/mol. The zero-order valence-electron chi connectivity index (χ0n) is 9.55. The molecule has 2 N–H and O–H groups in total. The minimum absolute atomic E-state index is 0.365. The monoisotopic (exact) mass is 321 g/mol. The first-order chi connectivity index (χ1) is 9.06. The van der Waals surface area contributed by atoms with Crippen molar-refractivity contribution in [1.29, 1.82) is 0 Å². The number of fused-ring (bicyclic) bond motifs is 3. The van der Waals surface area contributed by atoms with Crippen LogP contribution in [-0.2, 0) is 11.3 Å². The first-order valence-electron chi connectivity index (χ1n) is 5.45.